The topological polar surface area (TPSA) is 86.7 Å². The van der Waals surface area contributed by atoms with Gasteiger partial charge in [-0.1, -0.05) is 24.3 Å². The van der Waals surface area contributed by atoms with E-state index in [-0.39, 0.29) is 60.1 Å². The quantitative estimate of drug-likeness (QED) is 0.499. The van der Waals surface area contributed by atoms with Crippen molar-refractivity contribution in [2.75, 3.05) is 11.9 Å². The predicted octanol–water partition coefficient (Wildman–Crippen LogP) is 1.53. The van der Waals surface area contributed by atoms with Crippen molar-refractivity contribution in [2.24, 2.45) is 23.7 Å². The second-order valence-corrected chi connectivity index (χ2v) is 6.64. The number of benzene rings is 1. The molecule has 0 aromatic heterocycles. The molecule has 1 aromatic rings. The van der Waals surface area contributed by atoms with E-state index in [1.165, 1.54) is 11.0 Å². The highest BCUT2D eigenvalue weighted by molar-refractivity contribution is 6.06. The third-order valence-electron chi connectivity index (χ3n) is 5.30. The lowest BCUT2D eigenvalue weighted by atomic mass is 9.85. The van der Waals surface area contributed by atoms with Crippen LogP contribution in [0.4, 0.5) is 5.69 Å². The van der Waals surface area contributed by atoms with E-state index in [1.54, 1.807) is 18.2 Å². The fourth-order valence-electron chi connectivity index (χ4n) is 4.19. The van der Waals surface area contributed by atoms with Crippen LogP contribution in [0.15, 0.2) is 36.4 Å². The van der Waals surface area contributed by atoms with Gasteiger partial charge < -0.3 is 10.4 Å². The van der Waals surface area contributed by atoms with Crippen LogP contribution in [0.25, 0.3) is 0 Å². The molecule has 124 valence electrons. The molecule has 0 radical (unpaired) electrons. The number of carbonyl (C=O) groups is 3. The van der Waals surface area contributed by atoms with Gasteiger partial charge in [-0.2, -0.15) is 0 Å². The molecule has 1 aromatic carbocycles. The number of phenolic OH excluding ortho intramolecular Hbond substituents is 1. The molecule has 2 aliphatic carbocycles. The predicted molar refractivity (Wildman–Crippen MR) is 85.8 cm³/mol. The second-order valence-electron chi connectivity index (χ2n) is 6.64. The zero-order valence-electron chi connectivity index (χ0n) is 13.0. The molecule has 2 bridgehead atoms. The average molecular weight is 326 g/mol. The molecule has 1 saturated heterocycles. The van der Waals surface area contributed by atoms with E-state index in [2.05, 4.69) is 5.32 Å². The summed E-state index contributed by atoms with van der Waals surface area (Å²) in [7, 11) is 0. The van der Waals surface area contributed by atoms with E-state index in [4.69, 9.17) is 0 Å². The number of likely N-dealkylation sites (tertiary alicyclic amines) is 1. The molecule has 2 N–H and O–H groups in total. The summed E-state index contributed by atoms with van der Waals surface area (Å²) in [4.78, 5) is 38.3. The van der Waals surface area contributed by atoms with E-state index in [1.807, 2.05) is 12.2 Å². The Balaban J connectivity index is 1.38. The SMILES string of the molecule is O=C(CCN1C(=O)C2C3C=CC(C3)C2C1=O)Nc1ccccc1O. The van der Waals surface area contributed by atoms with Gasteiger partial charge in [0.25, 0.3) is 0 Å². The lowest BCUT2D eigenvalue weighted by molar-refractivity contribution is -0.140. The number of allylic oxidation sites excluding steroid dienone is 2. The van der Waals surface area contributed by atoms with Crippen LogP contribution >= 0.6 is 0 Å². The summed E-state index contributed by atoms with van der Waals surface area (Å²) in [6.45, 7) is 0.0868. The molecule has 24 heavy (non-hydrogen) atoms. The first-order chi connectivity index (χ1) is 11.6. The van der Waals surface area contributed by atoms with Crippen LogP contribution in [0.1, 0.15) is 12.8 Å². The van der Waals surface area contributed by atoms with Gasteiger partial charge in [0.15, 0.2) is 0 Å². The molecule has 4 atom stereocenters. The van der Waals surface area contributed by atoms with Gasteiger partial charge in [-0.25, -0.2) is 0 Å². The average Bonchev–Trinajstić information content (AvgIpc) is 3.23. The molecule has 4 rings (SSSR count). The number of aromatic hydroxyl groups is 1. The number of nitrogens with zero attached hydrogens (tertiary/aromatic N) is 1. The van der Waals surface area contributed by atoms with Gasteiger partial charge >= 0.3 is 0 Å². The van der Waals surface area contributed by atoms with Crippen LogP contribution in [-0.2, 0) is 14.4 Å². The van der Waals surface area contributed by atoms with Gasteiger partial charge in [0, 0.05) is 13.0 Å². The number of para-hydroxylation sites is 2. The Kier molecular flexibility index (Phi) is 3.40. The molecule has 0 spiro atoms. The third kappa shape index (κ3) is 2.21. The molecule has 3 aliphatic rings. The van der Waals surface area contributed by atoms with Crippen molar-refractivity contribution in [1.82, 2.24) is 4.90 Å². The van der Waals surface area contributed by atoms with Crippen molar-refractivity contribution in [3.63, 3.8) is 0 Å². The molecule has 1 saturated carbocycles. The van der Waals surface area contributed by atoms with Crippen LogP contribution in [0.3, 0.4) is 0 Å². The van der Waals surface area contributed by atoms with Gasteiger partial charge in [-0.3, -0.25) is 19.3 Å². The Morgan fingerprint density at radius 1 is 1.12 bits per heavy atom. The summed E-state index contributed by atoms with van der Waals surface area (Å²) in [5, 5.41) is 12.3. The smallest absolute Gasteiger partial charge is 0.233 e. The van der Waals surface area contributed by atoms with Crippen LogP contribution < -0.4 is 5.32 Å². The standard InChI is InChI=1S/C18H18N2O4/c21-13-4-2-1-3-12(13)19-14(22)7-8-20-17(23)15-10-5-6-11(9-10)16(15)18(20)24/h1-6,10-11,15-16,21H,7-9H2,(H,19,22). The molecule has 6 heteroatoms. The highest BCUT2D eigenvalue weighted by Crippen LogP contribution is 2.52. The van der Waals surface area contributed by atoms with Gasteiger partial charge in [0.05, 0.1) is 17.5 Å². The number of rotatable bonds is 4. The number of phenols is 1. The number of amides is 3. The summed E-state index contributed by atoms with van der Waals surface area (Å²) < 4.78 is 0. The minimum absolute atomic E-state index is 0.0173. The maximum absolute atomic E-state index is 12.5. The Hall–Kier alpha value is -2.63. The van der Waals surface area contributed by atoms with Gasteiger partial charge in [0.1, 0.15) is 5.75 Å². The highest BCUT2D eigenvalue weighted by atomic mass is 16.3. The van der Waals surface area contributed by atoms with Gasteiger partial charge in [0.2, 0.25) is 17.7 Å². The Labute approximate surface area is 139 Å². The molecular weight excluding hydrogens is 308 g/mol. The first-order valence-corrected chi connectivity index (χ1v) is 8.17. The molecule has 1 aliphatic heterocycles. The Morgan fingerprint density at radius 3 is 2.38 bits per heavy atom. The minimum atomic E-state index is -0.338. The molecule has 4 unspecified atom stereocenters. The van der Waals surface area contributed by atoms with Crippen LogP contribution in [0, 0.1) is 23.7 Å². The third-order valence-corrected chi connectivity index (χ3v) is 5.30. The number of carbonyl (C=O) groups excluding carboxylic acids is 3. The number of hydrogen-bond acceptors (Lipinski definition) is 4. The lowest BCUT2D eigenvalue weighted by Gasteiger charge is -2.17. The van der Waals surface area contributed by atoms with Crippen molar-refractivity contribution in [1.29, 1.82) is 0 Å². The maximum Gasteiger partial charge on any atom is 0.233 e. The molecule has 1 heterocycles. The van der Waals surface area contributed by atoms with Crippen molar-refractivity contribution in [2.45, 2.75) is 12.8 Å². The summed E-state index contributed by atoms with van der Waals surface area (Å²) >= 11 is 0. The van der Waals surface area contributed by atoms with Crippen molar-refractivity contribution in [3.05, 3.63) is 36.4 Å². The monoisotopic (exact) mass is 326 g/mol. The summed E-state index contributed by atoms with van der Waals surface area (Å²) in [5.41, 5.74) is 0.320. The number of imide groups is 1. The van der Waals surface area contributed by atoms with Crippen molar-refractivity contribution in [3.8, 4) is 5.75 Å². The fourth-order valence-corrected chi connectivity index (χ4v) is 4.19. The van der Waals surface area contributed by atoms with Crippen LogP contribution in [0.2, 0.25) is 0 Å². The molecule has 6 nitrogen and oxygen atoms in total. The van der Waals surface area contributed by atoms with E-state index >= 15 is 0 Å². The van der Waals surface area contributed by atoms with Crippen molar-refractivity contribution < 1.29 is 19.5 Å². The summed E-state index contributed by atoms with van der Waals surface area (Å²) in [6.07, 6.45) is 5.01. The number of nitrogens with one attached hydrogen (secondary N) is 1. The summed E-state index contributed by atoms with van der Waals surface area (Å²) in [6, 6.07) is 6.43. The second kappa shape index (κ2) is 5.47. The van der Waals surface area contributed by atoms with Gasteiger partial charge in [-0.05, 0) is 30.4 Å². The lowest BCUT2D eigenvalue weighted by Crippen LogP contribution is -2.35. The normalized spacial score (nSPS) is 30.1. The molecule has 3 amide bonds. The number of fused-ring (bicyclic) bond motifs is 5. The zero-order valence-corrected chi connectivity index (χ0v) is 13.0. The molecule has 2 fully saturated rings. The Bertz CT molecular complexity index is 727. The van der Waals surface area contributed by atoms with Gasteiger partial charge in [-0.15, -0.1) is 0 Å². The van der Waals surface area contributed by atoms with Crippen LogP contribution in [-0.4, -0.2) is 34.3 Å². The number of hydrogen-bond donors (Lipinski definition) is 2. The van der Waals surface area contributed by atoms with E-state index in [9.17, 15) is 19.5 Å². The summed E-state index contributed by atoms with van der Waals surface area (Å²) in [5.74, 6) is -0.739. The zero-order chi connectivity index (χ0) is 16.8. The fraction of sp³-hybridized carbons (Fsp3) is 0.389. The maximum atomic E-state index is 12.5. The van der Waals surface area contributed by atoms with E-state index in [0.717, 1.165) is 6.42 Å². The largest absolute Gasteiger partial charge is 0.506 e. The first kappa shape index (κ1) is 14.9. The van der Waals surface area contributed by atoms with E-state index in [0.29, 0.717) is 5.69 Å². The number of anilines is 1. The Morgan fingerprint density at radius 2 is 1.75 bits per heavy atom. The van der Waals surface area contributed by atoms with Crippen molar-refractivity contribution >= 4 is 23.4 Å². The van der Waals surface area contributed by atoms with E-state index < -0.39 is 0 Å². The molecular formula is C18H18N2O4. The minimum Gasteiger partial charge on any atom is -0.506 e. The van der Waals surface area contributed by atoms with Crippen LogP contribution in [0.5, 0.6) is 5.75 Å². The first-order valence-electron chi connectivity index (χ1n) is 8.17. The highest BCUT2D eigenvalue weighted by Gasteiger charge is 2.58.